The minimum Gasteiger partial charge on any atom is -0.462 e. The highest BCUT2D eigenvalue weighted by Crippen LogP contribution is 2.52. The maximum absolute atomic E-state index is 13.0. The molecule has 0 unspecified atom stereocenters. The van der Waals surface area contributed by atoms with Gasteiger partial charge in [0.15, 0.2) is 0 Å². The van der Waals surface area contributed by atoms with Crippen molar-refractivity contribution in [1.82, 2.24) is 0 Å². The molecule has 2 fully saturated rings. The standard InChI is InChI=1S/C18H17NO5/c1-10-3-5-12(6-4-10)19-16(21)14-13-7-8-18(24-13,9-23-11(2)20)15(14)17(19)22/h3-8,13-15H,9H2,1-2H3/t13-,14-,15+,18-/m1/s1. The van der Waals surface area contributed by atoms with Gasteiger partial charge in [-0.3, -0.25) is 14.4 Å². The number of carbonyl (C=O) groups excluding carboxylic acids is 3. The zero-order chi connectivity index (χ0) is 17.1. The van der Waals surface area contributed by atoms with Gasteiger partial charge in [-0.1, -0.05) is 23.8 Å². The van der Waals surface area contributed by atoms with Gasteiger partial charge in [0.2, 0.25) is 11.8 Å². The number of amides is 2. The summed E-state index contributed by atoms with van der Waals surface area (Å²) in [5.41, 5.74) is 0.578. The Morgan fingerprint density at radius 1 is 1.25 bits per heavy atom. The van der Waals surface area contributed by atoms with Crippen LogP contribution in [0.15, 0.2) is 36.4 Å². The molecule has 0 N–H and O–H groups in total. The van der Waals surface area contributed by atoms with Crippen molar-refractivity contribution in [3.8, 4) is 0 Å². The number of hydrogen-bond acceptors (Lipinski definition) is 5. The predicted molar refractivity (Wildman–Crippen MR) is 84.0 cm³/mol. The molecular weight excluding hydrogens is 310 g/mol. The molecule has 24 heavy (non-hydrogen) atoms. The molecule has 4 atom stereocenters. The minimum absolute atomic E-state index is 0.0583. The van der Waals surface area contributed by atoms with Crippen molar-refractivity contribution in [3.63, 3.8) is 0 Å². The molecule has 6 nitrogen and oxygen atoms in total. The quantitative estimate of drug-likeness (QED) is 0.476. The Morgan fingerprint density at radius 2 is 1.96 bits per heavy atom. The van der Waals surface area contributed by atoms with Crippen molar-refractivity contribution in [1.29, 1.82) is 0 Å². The highest BCUT2D eigenvalue weighted by atomic mass is 16.6. The molecule has 3 aliphatic heterocycles. The number of ether oxygens (including phenoxy) is 2. The second kappa shape index (κ2) is 5.01. The van der Waals surface area contributed by atoms with E-state index in [-0.39, 0.29) is 18.4 Å². The van der Waals surface area contributed by atoms with Gasteiger partial charge in [-0.2, -0.15) is 0 Å². The molecule has 2 saturated heterocycles. The number of rotatable bonds is 3. The lowest BCUT2D eigenvalue weighted by Gasteiger charge is -2.28. The third-order valence-electron chi connectivity index (χ3n) is 4.95. The monoisotopic (exact) mass is 327 g/mol. The van der Waals surface area contributed by atoms with Crippen LogP contribution in [0.4, 0.5) is 5.69 Å². The van der Waals surface area contributed by atoms with Gasteiger partial charge in [0.25, 0.3) is 0 Å². The number of hydrogen-bond donors (Lipinski definition) is 0. The van der Waals surface area contributed by atoms with Crippen LogP contribution in [0.2, 0.25) is 0 Å². The molecule has 2 bridgehead atoms. The lowest BCUT2D eigenvalue weighted by Crippen LogP contribution is -2.44. The first-order valence-electron chi connectivity index (χ1n) is 7.88. The van der Waals surface area contributed by atoms with Crippen molar-refractivity contribution in [3.05, 3.63) is 42.0 Å². The molecule has 3 heterocycles. The highest BCUT2D eigenvalue weighted by Gasteiger charge is 2.68. The van der Waals surface area contributed by atoms with Crippen molar-refractivity contribution < 1.29 is 23.9 Å². The molecule has 2 amide bonds. The van der Waals surface area contributed by atoms with Gasteiger partial charge >= 0.3 is 5.97 Å². The summed E-state index contributed by atoms with van der Waals surface area (Å²) in [4.78, 5) is 38.2. The number of fused-ring (bicyclic) bond motifs is 5. The van der Waals surface area contributed by atoms with Crippen LogP contribution in [-0.2, 0) is 23.9 Å². The highest BCUT2D eigenvalue weighted by molar-refractivity contribution is 6.23. The molecule has 3 aliphatic rings. The first kappa shape index (κ1) is 15.1. The number of esters is 1. The van der Waals surface area contributed by atoms with Crippen molar-refractivity contribution in [2.45, 2.75) is 25.6 Å². The summed E-state index contributed by atoms with van der Waals surface area (Å²) in [6.07, 6.45) is 3.09. The van der Waals surface area contributed by atoms with E-state index in [1.54, 1.807) is 24.3 Å². The Kier molecular flexibility index (Phi) is 3.15. The molecule has 124 valence electrons. The molecule has 6 heteroatoms. The first-order chi connectivity index (χ1) is 11.4. The third-order valence-corrected chi connectivity index (χ3v) is 4.95. The fourth-order valence-corrected chi connectivity index (χ4v) is 3.83. The normalized spacial score (nSPS) is 33.2. The summed E-state index contributed by atoms with van der Waals surface area (Å²) in [6.45, 7) is 3.19. The van der Waals surface area contributed by atoms with Crippen LogP contribution >= 0.6 is 0 Å². The van der Waals surface area contributed by atoms with E-state index in [1.165, 1.54) is 11.8 Å². The zero-order valence-corrected chi connectivity index (χ0v) is 13.4. The fourth-order valence-electron chi connectivity index (χ4n) is 3.83. The summed E-state index contributed by atoms with van der Waals surface area (Å²) in [5, 5.41) is 0. The Labute approximate surface area is 139 Å². The maximum Gasteiger partial charge on any atom is 0.302 e. The predicted octanol–water partition coefficient (Wildman–Crippen LogP) is 1.37. The Bertz CT molecular complexity index is 768. The number of imide groups is 1. The number of carbonyl (C=O) groups is 3. The van der Waals surface area contributed by atoms with Crippen molar-refractivity contribution >= 4 is 23.5 Å². The summed E-state index contributed by atoms with van der Waals surface area (Å²) >= 11 is 0. The molecule has 1 aromatic rings. The number of anilines is 1. The molecule has 4 rings (SSSR count). The molecule has 0 aromatic heterocycles. The van der Waals surface area contributed by atoms with Crippen LogP contribution in [0, 0.1) is 18.8 Å². The third kappa shape index (κ3) is 1.96. The van der Waals surface area contributed by atoms with Crippen LogP contribution < -0.4 is 4.90 Å². The number of benzene rings is 1. The smallest absolute Gasteiger partial charge is 0.302 e. The van der Waals surface area contributed by atoms with E-state index in [2.05, 4.69) is 0 Å². The Morgan fingerprint density at radius 3 is 2.62 bits per heavy atom. The van der Waals surface area contributed by atoms with E-state index in [1.807, 2.05) is 19.1 Å². The second-order valence-electron chi connectivity index (χ2n) is 6.53. The lowest BCUT2D eigenvalue weighted by molar-refractivity contribution is -0.150. The van der Waals surface area contributed by atoms with Crippen LogP contribution in [-0.4, -0.2) is 36.1 Å². The van der Waals surface area contributed by atoms with Gasteiger partial charge < -0.3 is 9.47 Å². The van der Waals surface area contributed by atoms with Crippen LogP contribution in [0.25, 0.3) is 0 Å². The van der Waals surface area contributed by atoms with Gasteiger partial charge in [-0.15, -0.1) is 0 Å². The SMILES string of the molecule is CC(=O)OC[C@@]12C=C[C@@H](O1)[C@H]1C(=O)N(c3ccc(C)cc3)C(=O)[C@H]12. The molecule has 0 radical (unpaired) electrons. The summed E-state index contributed by atoms with van der Waals surface area (Å²) in [6, 6.07) is 7.26. The van der Waals surface area contributed by atoms with Crippen LogP contribution in [0.3, 0.4) is 0 Å². The van der Waals surface area contributed by atoms with Crippen LogP contribution in [0.1, 0.15) is 12.5 Å². The molecule has 0 aliphatic carbocycles. The van der Waals surface area contributed by atoms with Gasteiger partial charge in [0, 0.05) is 6.92 Å². The number of aryl methyl sites for hydroxylation is 1. The topological polar surface area (TPSA) is 72.9 Å². The zero-order valence-electron chi connectivity index (χ0n) is 13.4. The molecule has 0 spiro atoms. The lowest BCUT2D eigenvalue weighted by atomic mass is 9.77. The Hall–Kier alpha value is -2.47. The van der Waals surface area contributed by atoms with Crippen molar-refractivity contribution in [2.75, 3.05) is 11.5 Å². The van der Waals surface area contributed by atoms with E-state index in [0.29, 0.717) is 5.69 Å². The number of nitrogens with zero attached hydrogens (tertiary/aromatic N) is 1. The fraction of sp³-hybridized carbons (Fsp3) is 0.389. The van der Waals surface area contributed by atoms with E-state index in [4.69, 9.17) is 9.47 Å². The second-order valence-corrected chi connectivity index (χ2v) is 6.53. The average Bonchev–Trinajstić information content (AvgIpc) is 3.18. The average molecular weight is 327 g/mol. The summed E-state index contributed by atoms with van der Waals surface area (Å²) < 4.78 is 11.0. The van der Waals surface area contributed by atoms with E-state index in [0.717, 1.165) is 5.56 Å². The maximum atomic E-state index is 13.0. The van der Waals surface area contributed by atoms with Gasteiger partial charge in [0.05, 0.1) is 23.6 Å². The minimum atomic E-state index is -1.03. The van der Waals surface area contributed by atoms with Gasteiger partial charge in [-0.25, -0.2) is 4.90 Å². The van der Waals surface area contributed by atoms with E-state index < -0.39 is 29.5 Å². The molecule has 1 aromatic carbocycles. The van der Waals surface area contributed by atoms with Crippen LogP contribution in [0.5, 0.6) is 0 Å². The van der Waals surface area contributed by atoms with Crippen molar-refractivity contribution in [2.24, 2.45) is 11.8 Å². The molecule has 0 saturated carbocycles. The molecular formula is C18H17NO5. The van der Waals surface area contributed by atoms with Gasteiger partial charge in [-0.05, 0) is 25.1 Å². The largest absolute Gasteiger partial charge is 0.462 e. The summed E-state index contributed by atoms with van der Waals surface area (Å²) in [5.74, 6) is -2.21. The van der Waals surface area contributed by atoms with Gasteiger partial charge in [0.1, 0.15) is 12.2 Å². The Balaban J connectivity index is 1.69. The van der Waals surface area contributed by atoms with E-state index in [9.17, 15) is 14.4 Å². The summed E-state index contributed by atoms with van der Waals surface area (Å²) in [7, 11) is 0. The van der Waals surface area contributed by atoms with E-state index >= 15 is 0 Å². The first-order valence-corrected chi connectivity index (χ1v) is 7.88.